The standard InChI is InChI=1S/C20H17N3O/c1-13-6-8-14(9-7-13)10-19-17(20(24)23-22-19)11-15-12-21-18-5-3-2-4-16(15)18/h2-9,11-12,21H,10H2,1H3,(H,23,24). The lowest BCUT2D eigenvalue weighted by Crippen LogP contribution is -2.13. The van der Waals surface area contributed by atoms with Gasteiger partial charge in [0.1, 0.15) is 0 Å². The van der Waals surface area contributed by atoms with Crippen LogP contribution in [0.25, 0.3) is 17.0 Å². The average molecular weight is 315 g/mol. The van der Waals surface area contributed by atoms with Gasteiger partial charge in [0.2, 0.25) is 0 Å². The zero-order valence-corrected chi connectivity index (χ0v) is 13.3. The molecule has 1 aromatic heterocycles. The van der Waals surface area contributed by atoms with Gasteiger partial charge in [-0.05, 0) is 24.6 Å². The SMILES string of the molecule is Cc1ccc(CC2=NNC(=O)C2=Cc2c[nH]c3ccccc23)cc1. The normalized spacial score (nSPS) is 15.8. The summed E-state index contributed by atoms with van der Waals surface area (Å²) in [6.45, 7) is 2.06. The predicted molar refractivity (Wildman–Crippen MR) is 96.7 cm³/mol. The molecule has 0 spiro atoms. The van der Waals surface area contributed by atoms with Crippen molar-refractivity contribution >= 4 is 28.6 Å². The lowest BCUT2D eigenvalue weighted by molar-refractivity contribution is -0.116. The predicted octanol–water partition coefficient (Wildman–Crippen LogP) is 3.59. The molecule has 0 atom stereocenters. The molecule has 0 saturated carbocycles. The summed E-state index contributed by atoms with van der Waals surface area (Å²) in [5, 5.41) is 5.31. The van der Waals surface area contributed by atoms with Crippen LogP contribution in [0, 0.1) is 6.92 Å². The number of hydrogen-bond donors (Lipinski definition) is 2. The van der Waals surface area contributed by atoms with E-state index >= 15 is 0 Å². The Morgan fingerprint density at radius 3 is 2.71 bits per heavy atom. The van der Waals surface area contributed by atoms with Crippen LogP contribution >= 0.6 is 0 Å². The molecular formula is C20H17N3O. The molecule has 0 fully saturated rings. The minimum atomic E-state index is -0.151. The molecule has 1 aliphatic rings. The molecule has 0 unspecified atom stereocenters. The van der Waals surface area contributed by atoms with Gasteiger partial charge in [-0.15, -0.1) is 0 Å². The van der Waals surface area contributed by atoms with Gasteiger partial charge in [0, 0.05) is 29.1 Å². The Morgan fingerprint density at radius 1 is 1.08 bits per heavy atom. The number of carbonyl (C=O) groups is 1. The number of hydrazone groups is 1. The summed E-state index contributed by atoms with van der Waals surface area (Å²) in [6.07, 6.45) is 4.47. The summed E-state index contributed by atoms with van der Waals surface area (Å²) in [6, 6.07) is 16.3. The van der Waals surface area contributed by atoms with E-state index in [1.165, 1.54) is 5.56 Å². The number of nitrogens with one attached hydrogen (secondary N) is 2. The van der Waals surface area contributed by atoms with Crippen molar-refractivity contribution in [3.05, 3.63) is 77.0 Å². The minimum absolute atomic E-state index is 0.151. The highest BCUT2D eigenvalue weighted by molar-refractivity contribution is 6.28. The van der Waals surface area contributed by atoms with E-state index in [4.69, 9.17) is 0 Å². The van der Waals surface area contributed by atoms with Crippen LogP contribution in [-0.4, -0.2) is 16.6 Å². The van der Waals surface area contributed by atoms with Gasteiger partial charge in [-0.25, -0.2) is 5.43 Å². The third-order valence-corrected chi connectivity index (χ3v) is 4.26. The summed E-state index contributed by atoms with van der Waals surface area (Å²) in [5.41, 5.74) is 8.39. The molecule has 2 N–H and O–H groups in total. The van der Waals surface area contributed by atoms with E-state index < -0.39 is 0 Å². The van der Waals surface area contributed by atoms with Gasteiger partial charge in [0.15, 0.2) is 0 Å². The van der Waals surface area contributed by atoms with Crippen LogP contribution < -0.4 is 5.43 Å². The van der Waals surface area contributed by atoms with Crippen molar-refractivity contribution in [2.75, 3.05) is 0 Å². The quantitative estimate of drug-likeness (QED) is 0.713. The topological polar surface area (TPSA) is 57.2 Å². The highest BCUT2D eigenvalue weighted by Crippen LogP contribution is 2.22. The number of aromatic nitrogens is 1. The maximum Gasteiger partial charge on any atom is 0.273 e. The molecule has 4 rings (SSSR count). The first kappa shape index (κ1) is 14.5. The summed E-state index contributed by atoms with van der Waals surface area (Å²) in [4.78, 5) is 15.4. The number of carbonyl (C=O) groups excluding carboxylic acids is 1. The van der Waals surface area contributed by atoms with Gasteiger partial charge in [-0.1, -0.05) is 48.0 Å². The summed E-state index contributed by atoms with van der Waals surface area (Å²) in [5.74, 6) is -0.151. The fraction of sp³-hybridized carbons (Fsp3) is 0.100. The smallest absolute Gasteiger partial charge is 0.273 e. The zero-order chi connectivity index (χ0) is 16.5. The first-order valence-corrected chi connectivity index (χ1v) is 7.91. The zero-order valence-electron chi connectivity index (χ0n) is 13.3. The van der Waals surface area contributed by atoms with Crippen molar-refractivity contribution in [1.29, 1.82) is 0 Å². The lowest BCUT2D eigenvalue weighted by atomic mass is 9.99. The van der Waals surface area contributed by atoms with E-state index in [1.54, 1.807) is 0 Å². The van der Waals surface area contributed by atoms with Crippen LogP contribution in [0.4, 0.5) is 0 Å². The van der Waals surface area contributed by atoms with Gasteiger partial charge in [-0.3, -0.25) is 4.79 Å². The van der Waals surface area contributed by atoms with Crippen LogP contribution in [0.5, 0.6) is 0 Å². The number of para-hydroxylation sites is 1. The molecule has 1 aliphatic heterocycles. The first-order valence-electron chi connectivity index (χ1n) is 7.91. The van der Waals surface area contributed by atoms with Crippen molar-refractivity contribution in [1.82, 2.24) is 10.4 Å². The molecule has 2 aromatic carbocycles. The van der Waals surface area contributed by atoms with Crippen molar-refractivity contribution in [2.24, 2.45) is 5.10 Å². The van der Waals surface area contributed by atoms with Crippen LogP contribution in [0.3, 0.4) is 0 Å². The van der Waals surface area contributed by atoms with E-state index in [-0.39, 0.29) is 5.91 Å². The van der Waals surface area contributed by atoms with Crippen LogP contribution in [0.15, 0.2) is 65.4 Å². The van der Waals surface area contributed by atoms with Gasteiger partial charge < -0.3 is 4.98 Å². The first-order chi connectivity index (χ1) is 11.7. The van der Waals surface area contributed by atoms with E-state index in [1.807, 2.05) is 36.5 Å². The Labute approximate surface area is 139 Å². The van der Waals surface area contributed by atoms with Crippen molar-refractivity contribution in [2.45, 2.75) is 13.3 Å². The molecule has 4 heteroatoms. The number of nitrogens with zero attached hydrogens (tertiary/aromatic N) is 1. The maximum absolute atomic E-state index is 12.2. The minimum Gasteiger partial charge on any atom is -0.361 e. The van der Waals surface area contributed by atoms with Gasteiger partial charge >= 0.3 is 0 Å². The molecule has 118 valence electrons. The Morgan fingerprint density at radius 2 is 1.88 bits per heavy atom. The average Bonchev–Trinajstić information content (AvgIpc) is 3.16. The molecule has 0 bridgehead atoms. The monoisotopic (exact) mass is 315 g/mol. The number of rotatable bonds is 3. The van der Waals surface area contributed by atoms with Crippen molar-refractivity contribution in [3.63, 3.8) is 0 Å². The second kappa shape index (κ2) is 5.81. The molecule has 0 saturated heterocycles. The van der Waals surface area contributed by atoms with E-state index in [2.05, 4.69) is 46.7 Å². The van der Waals surface area contributed by atoms with Gasteiger partial charge in [0.25, 0.3) is 5.91 Å². The van der Waals surface area contributed by atoms with Gasteiger partial charge in [0.05, 0.1) is 11.3 Å². The van der Waals surface area contributed by atoms with Crippen LogP contribution in [0.2, 0.25) is 0 Å². The van der Waals surface area contributed by atoms with E-state index in [9.17, 15) is 4.79 Å². The molecule has 3 aromatic rings. The lowest BCUT2D eigenvalue weighted by Gasteiger charge is -2.03. The number of benzene rings is 2. The Kier molecular flexibility index (Phi) is 3.50. The largest absolute Gasteiger partial charge is 0.361 e. The van der Waals surface area contributed by atoms with Crippen LogP contribution in [-0.2, 0) is 11.2 Å². The Balaban J connectivity index is 1.68. The second-order valence-corrected chi connectivity index (χ2v) is 6.01. The third kappa shape index (κ3) is 2.63. The summed E-state index contributed by atoms with van der Waals surface area (Å²) >= 11 is 0. The highest BCUT2D eigenvalue weighted by atomic mass is 16.2. The third-order valence-electron chi connectivity index (χ3n) is 4.26. The summed E-state index contributed by atoms with van der Waals surface area (Å²) in [7, 11) is 0. The molecule has 0 aliphatic carbocycles. The molecule has 24 heavy (non-hydrogen) atoms. The number of fused-ring (bicyclic) bond motifs is 1. The second-order valence-electron chi connectivity index (χ2n) is 6.01. The van der Waals surface area contributed by atoms with Gasteiger partial charge in [-0.2, -0.15) is 5.10 Å². The molecular weight excluding hydrogens is 298 g/mol. The van der Waals surface area contributed by atoms with Crippen molar-refractivity contribution in [3.8, 4) is 0 Å². The highest BCUT2D eigenvalue weighted by Gasteiger charge is 2.23. The molecule has 0 radical (unpaired) electrons. The Bertz CT molecular complexity index is 978. The molecule has 4 nitrogen and oxygen atoms in total. The maximum atomic E-state index is 12.2. The van der Waals surface area contributed by atoms with Crippen molar-refractivity contribution < 1.29 is 4.79 Å². The number of H-pyrrole nitrogens is 1. The fourth-order valence-corrected chi connectivity index (χ4v) is 2.92. The molecule has 2 heterocycles. The number of aryl methyl sites for hydroxylation is 1. The number of amides is 1. The number of hydrogen-bond acceptors (Lipinski definition) is 2. The summed E-state index contributed by atoms with van der Waals surface area (Å²) < 4.78 is 0. The van der Waals surface area contributed by atoms with E-state index in [0.717, 1.165) is 27.7 Å². The fourth-order valence-electron chi connectivity index (χ4n) is 2.92. The molecule has 1 amide bonds. The van der Waals surface area contributed by atoms with E-state index in [0.29, 0.717) is 12.0 Å². The van der Waals surface area contributed by atoms with Crippen LogP contribution in [0.1, 0.15) is 16.7 Å². The number of aromatic amines is 1. The Hall–Kier alpha value is -3.14.